The second-order valence-corrected chi connectivity index (χ2v) is 6.55. The number of likely N-dealkylation sites (tertiary alicyclic amines) is 1. The highest BCUT2D eigenvalue weighted by Crippen LogP contribution is 2.32. The van der Waals surface area contributed by atoms with Crippen LogP contribution in [0.2, 0.25) is 5.15 Å². The van der Waals surface area contributed by atoms with E-state index in [-0.39, 0.29) is 0 Å². The van der Waals surface area contributed by atoms with Crippen molar-refractivity contribution >= 4 is 11.6 Å². The summed E-state index contributed by atoms with van der Waals surface area (Å²) in [5.41, 5.74) is 1.35. The topological polar surface area (TPSA) is 30.3 Å². The van der Waals surface area contributed by atoms with Crippen LogP contribution in [0.15, 0.2) is 30.5 Å². The van der Waals surface area contributed by atoms with Gasteiger partial charge >= 0.3 is 0 Å². The number of rotatable bonds is 4. The quantitative estimate of drug-likeness (QED) is 0.840. The third-order valence-corrected chi connectivity index (χ3v) is 5.09. The van der Waals surface area contributed by atoms with E-state index >= 15 is 0 Å². The van der Waals surface area contributed by atoms with Gasteiger partial charge in [0, 0.05) is 13.1 Å². The molecular weight excluding hydrogens is 310 g/mol. The van der Waals surface area contributed by atoms with Crippen molar-refractivity contribution in [2.75, 3.05) is 13.7 Å². The van der Waals surface area contributed by atoms with Crippen molar-refractivity contribution in [3.05, 3.63) is 47.0 Å². The van der Waals surface area contributed by atoms with Gasteiger partial charge in [0.05, 0.1) is 19.9 Å². The van der Waals surface area contributed by atoms with Crippen LogP contribution in [0, 0.1) is 0 Å². The largest absolute Gasteiger partial charge is 0.497 e. The van der Waals surface area contributed by atoms with Gasteiger partial charge in [0.15, 0.2) is 0 Å². The predicted molar refractivity (Wildman–Crippen MR) is 92.8 cm³/mol. The fraction of sp³-hybridized carbons (Fsp3) is 0.500. The molecule has 1 atom stereocenters. The van der Waals surface area contributed by atoms with Gasteiger partial charge in [-0.1, -0.05) is 36.6 Å². The molecule has 5 heteroatoms. The average Bonchev–Trinajstić information content (AvgIpc) is 2.79. The zero-order valence-electron chi connectivity index (χ0n) is 13.8. The van der Waals surface area contributed by atoms with Crippen LogP contribution in [0.25, 0.3) is 0 Å². The maximum absolute atomic E-state index is 6.13. The monoisotopic (exact) mass is 333 g/mol. The summed E-state index contributed by atoms with van der Waals surface area (Å²) in [6.45, 7) is 1.93. The summed E-state index contributed by atoms with van der Waals surface area (Å²) >= 11 is 6.13. The van der Waals surface area contributed by atoms with Gasteiger partial charge in [-0.05, 0) is 37.1 Å². The molecule has 1 aromatic carbocycles. The molecule has 0 saturated carbocycles. The Labute approximate surface area is 143 Å². The molecule has 4 nitrogen and oxygen atoms in total. The first kappa shape index (κ1) is 16.3. The highest BCUT2D eigenvalue weighted by Gasteiger charge is 2.24. The van der Waals surface area contributed by atoms with Crippen molar-refractivity contribution in [3.8, 4) is 5.75 Å². The predicted octanol–water partition coefficient (Wildman–Crippen LogP) is 4.20. The van der Waals surface area contributed by atoms with Gasteiger partial charge in [0.1, 0.15) is 16.7 Å². The first-order chi connectivity index (χ1) is 11.2. The van der Waals surface area contributed by atoms with Crippen LogP contribution >= 0.6 is 11.6 Å². The van der Waals surface area contributed by atoms with Gasteiger partial charge in [0.25, 0.3) is 0 Å². The second-order valence-electron chi connectivity index (χ2n) is 6.16. The minimum Gasteiger partial charge on any atom is -0.497 e. The number of hydrogen-bond acceptors (Lipinski definition) is 3. The van der Waals surface area contributed by atoms with Crippen LogP contribution in [0.3, 0.4) is 0 Å². The third kappa shape index (κ3) is 3.70. The molecule has 0 spiro atoms. The van der Waals surface area contributed by atoms with Crippen LogP contribution in [0.4, 0.5) is 0 Å². The Morgan fingerprint density at radius 2 is 2.00 bits per heavy atom. The van der Waals surface area contributed by atoms with Crippen LogP contribution in [0.1, 0.15) is 43.1 Å². The van der Waals surface area contributed by atoms with E-state index in [1.165, 1.54) is 31.2 Å². The molecule has 1 aliphatic rings. The van der Waals surface area contributed by atoms with E-state index in [9.17, 15) is 0 Å². The lowest BCUT2D eigenvalue weighted by atomic mass is 10.0. The van der Waals surface area contributed by atoms with Gasteiger partial charge in [-0.15, -0.1) is 0 Å². The molecule has 0 bridgehead atoms. The molecule has 2 heterocycles. The molecule has 1 fully saturated rings. The lowest BCUT2D eigenvalue weighted by Gasteiger charge is -2.30. The third-order valence-electron chi connectivity index (χ3n) is 4.74. The normalized spacial score (nSPS) is 19.5. The number of halogens is 1. The second kappa shape index (κ2) is 7.37. The van der Waals surface area contributed by atoms with E-state index in [0.29, 0.717) is 11.2 Å². The van der Waals surface area contributed by atoms with E-state index in [2.05, 4.69) is 34.1 Å². The first-order valence-electron chi connectivity index (χ1n) is 8.23. The van der Waals surface area contributed by atoms with Gasteiger partial charge in [-0.2, -0.15) is 0 Å². The number of imidazole rings is 1. The van der Waals surface area contributed by atoms with Crippen molar-refractivity contribution < 1.29 is 4.74 Å². The lowest BCUT2D eigenvalue weighted by molar-refractivity contribution is 0.186. The number of aromatic nitrogens is 2. The summed E-state index contributed by atoms with van der Waals surface area (Å²) in [6.07, 6.45) is 6.73. The molecule has 1 aliphatic heterocycles. The Morgan fingerprint density at radius 1 is 1.22 bits per heavy atom. The fourth-order valence-electron chi connectivity index (χ4n) is 3.31. The summed E-state index contributed by atoms with van der Waals surface area (Å²) in [7, 11) is 3.68. The van der Waals surface area contributed by atoms with Gasteiger partial charge in [-0.25, -0.2) is 4.98 Å². The molecule has 23 heavy (non-hydrogen) atoms. The number of ether oxygens (including phenoxy) is 1. The van der Waals surface area contributed by atoms with E-state index in [4.69, 9.17) is 16.3 Å². The summed E-state index contributed by atoms with van der Waals surface area (Å²) < 4.78 is 7.25. The van der Waals surface area contributed by atoms with Crippen LogP contribution in [-0.2, 0) is 13.6 Å². The van der Waals surface area contributed by atoms with E-state index in [0.717, 1.165) is 24.7 Å². The van der Waals surface area contributed by atoms with Crippen molar-refractivity contribution in [2.24, 2.45) is 7.05 Å². The number of nitrogens with zero attached hydrogens (tertiary/aromatic N) is 3. The van der Waals surface area contributed by atoms with Crippen molar-refractivity contribution in [1.82, 2.24) is 14.5 Å². The van der Waals surface area contributed by atoms with Crippen molar-refractivity contribution in [3.63, 3.8) is 0 Å². The van der Waals surface area contributed by atoms with E-state index < -0.39 is 0 Å². The molecular formula is C18H24ClN3O. The molecule has 0 amide bonds. The first-order valence-corrected chi connectivity index (χ1v) is 8.61. The summed E-state index contributed by atoms with van der Waals surface area (Å²) in [6, 6.07) is 8.91. The molecule has 0 radical (unpaired) electrons. The summed E-state index contributed by atoms with van der Waals surface area (Å²) in [4.78, 5) is 7.00. The highest BCUT2D eigenvalue weighted by molar-refractivity contribution is 6.29. The molecule has 0 aliphatic carbocycles. The molecule has 1 saturated heterocycles. The average molecular weight is 334 g/mol. The smallest absolute Gasteiger partial charge is 0.128 e. The summed E-state index contributed by atoms with van der Waals surface area (Å²) in [5.74, 6) is 1.93. The molecule has 2 aromatic rings. The Morgan fingerprint density at radius 3 is 2.65 bits per heavy atom. The van der Waals surface area contributed by atoms with Crippen LogP contribution in [-0.4, -0.2) is 28.1 Å². The fourth-order valence-corrected chi connectivity index (χ4v) is 3.46. The number of hydrogen-bond donors (Lipinski definition) is 0. The Hall–Kier alpha value is -1.52. The van der Waals surface area contributed by atoms with Gasteiger partial charge in [-0.3, -0.25) is 4.90 Å². The Bertz CT molecular complexity index is 638. The van der Waals surface area contributed by atoms with Crippen LogP contribution < -0.4 is 4.74 Å². The SMILES string of the molecule is COc1ccc(C2CCCCCN2Cc2ncc(Cl)n2C)cc1. The molecule has 3 rings (SSSR count). The number of benzene rings is 1. The molecule has 0 N–H and O–H groups in total. The van der Waals surface area contributed by atoms with E-state index in [1.54, 1.807) is 13.3 Å². The van der Waals surface area contributed by atoms with Crippen LogP contribution in [0.5, 0.6) is 5.75 Å². The highest BCUT2D eigenvalue weighted by atomic mass is 35.5. The number of methoxy groups -OCH3 is 1. The maximum atomic E-state index is 6.13. The lowest BCUT2D eigenvalue weighted by Crippen LogP contribution is -2.29. The Kier molecular flexibility index (Phi) is 5.23. The minimum atomic E-state index is 0.430. The van der Waals surface area contributed by atoms with Gasteiger partial charge < -0.3 is 9.30 Å². The van der Waals surface area contributed by atoms with Crippen molar-refractivity contribution in [2.45, 2.75) is 38.3 Å². The Balaban J connectivity index is 1.83. The maximum Gasteiger partial charge on any atom is 0.128 e. The molecule has 124 valence electrons. The summed E-state index contributed by atoms with van der Waals surface area (Å²) in [5, 5.41) is 0.691. The van der Waals surface area contributed by atoms with Crippen molar-refractivity contribution in [1.29, 1.82) is 0 Å². The zero-order chi connectivity index (χ0) is 16.2. The zero-order valence-corrected chi connectivity index (χ0v) is 14.6. The minimum absolute atomic E-state index is 0.430. The standard InChI is InChI=1S/C18H24ClN3O/c1-21-17(19)12-20-18(21)13-22-11-5-3-4-6-16(22)14-7-9-15(23-2)10-8-14/h7-10,12,16H,3-6,11,13H2,1-2H3. The molecule has 1 aromatic heterocycles. The van der Waals surface area contributed by atoms with Gasteiger partial charge in [0.2, 0.25) is 0 Å². The van der Waals surface area contributed by atoms with E-state index in [1.807, 2.05) is 11.6 Å². The molecule has 1 unspecified atom stereocenters.